The van der Waals surface area contributed by atoms with Gasteiger partial charge in [-0.3, -0.25) is 0 Å². The predicted molar refractivity (Wildman–Crippen MR) is 75.8 cm³/mol. The molecule has 0 saturated carbocycles. The lowest BCUT2D eigenvalue weighted by Gasteiger charge is -2.16. The maximum Gasteiger partial charge on any atom is 0.389 e. The molecule has 0 aliphatic heterocycles. The Labute approximate surface area is 124 Å². The first-order chi connectivity index (χ1) is 7.70. The molecule has 17 heavy (non-hydrogen) atoms. The molecule has 0 unspecified atom stereocenters. The van der Waals surface area contributed by atoms with Gasteiger partial charge in [0.25, 0.3) is 0 Å². The van der Waals surface area contributed by atoms with E-state index in [9.17, 15) is 18.3 Å². The van der Waals surface area contributed by atoms with Gasteiger partial charge in [0.05, 0.1) is 3.57 Å². The molecule has 1 aromatic carbocycles. The third-order valence-electron chi connectivity index (χ3n) is 2.20. The van der Waals surface area contributed by atoms with E-state index in [-0.39, 0.29) is 12.2 Å². The first-order valence-electron chi connectivity index (χ1n) is 4.71. The molecule has 96 valence electrons. The van der Waals surface area contributed by atoms with Crippen LogP contribution in [0.2, 0.25) is 0 Å². The van der Waals surface area contributed by atoms with Crippen LogP contribution in [0.3, 0.4) is 0 Å². The fourth-order valence-corrected chi connectivity index (χ4v) is 3.23. The van der Waals surface area contributed by atoms with Crippen LogP contribution in [-0.2, 0) is 0 Å². The second kappa shape index (κ2) is 5.91. The van der Waals surface area contributed by atoms with Crippen LogP contribution in [0, 0.1) is 7.14 Å². The van der Waals surface area contributed by atoms with Crippen LogP contribution in [0.4, 0.5) is 13.2 Å². The zero-order chi connectivity index (χ0) is 13.2. The maximum absolute atomic E-state index is 12.1. The summed E-state index contributed by atoms with van der Waals surface area (Å²) in [5.74, 6) is -0.0271. The number of benzene rings is 1. The summed E-state index contributed by atoms with van der Waals surface area (Å²) in [6.07, 6.45) is -5.40. The largest absolute Gasteiger partial charge is 0.506 e. The molecule has 0 aliphatic rings. The van der Waals surface area contributed by atoms with Crippen molar-refractivity contribution in [1.29, 1.82) is 0 Å². The Hall–Kier alpha value is 0.230. The molecule has 0 saturated heterocycles. The van der Waals surface area contributed by atoms with Crippen LogP contribution >= 0.6 is 45.2 Å². The van der Waals surface area contributed by atoms with Gasteiger partial charge in [-0.2, -0.15) is 13.2 Å². The fraction of sp³-hybridized carbons (Fsp3) is 0.400. The van der Waals surface area contributed by atoms with Gasteiger partial charge in [0.2, 0.25) is 0 Å². The number of halogens is 5. The molecular weight excluding hydrogens is 461 g/mol. The molecule has 1 aromatic rings. The quantitative estimate of drug-likeness (QED) is 0.657. The minimum atomic E-state index is -4.22. The van der Waals surface area contributed by atoms with Crippen LogP contribution in [0.1, 0.15) is 24.4 Å². The highest BCUT2D eigenvalue weighted by Gasteiger charge is 2.28. The van der Waals surface area contributed by atoms with E-state index in [2.05, 4.69) is 0 Å². The lowest BCUT2D eigenvalue weighted by atomic mass is 10.0. The molecule has 2 nitrogen and oxygen atoms in total. The summed E-state index contributed by atoms with van der Waals surface area (Å²) < 4.78 is 37.6. The van der Waals surface area contributed by atoms with E-state index in [0.29, 0.717) is 9.13 Å². The van der Waals surface area contributed by atoms with Gasteiger partial charge >= 0.3 is 6.18 Å². The standard InChI is InChI=1S/C10H10F3I2NO/c11-10(12,13)2-1-8(16)6-3-5(14)4-7(15)9(6)17/h3-4,8,17H,1-2,16H2/t8-/m1/s1. The van der Waals surface area contributed by atoms with Gasteiger partial charge in [-0.25, -0.2) is 0 Å². The number of hydrogen-bond donors (Lipinski definition) is 2. The average Bonchev–Trinajstić information content (AvgIpc) is 2.19. The number of rotatable bonds is 3. The summed E-state index contributed by atoms with van der Waals surface area (Å²) in [7, 11) is 0. The van der Waals surface area contributed by atoms with Gasteiger partial charge in [0.15, 0.2) is 0 Å². The third-order valence-corrected chi connectivity index (χ3v) is 3.64. The van der Waals surface area contributed by atoms with Gasteiger partial charge in [0.1, 0.15) is 5.75 Å². The Morgan fingerprint density at radius 2 is 1.88 bits per heavy atom. The van der Waals surface area contributed by atoms with Gasteiger partial charge in [-0.15, -0.1) is 0 Å². The molecule has 0 heterocycles. The molecule has 1 atom stereocenters. The van der Waals surface area contributed by atoms with Crippen LogP contribution in [0.5, 0.6) is 5.75 Å². The molecule has 0 bridgehead atoms. The van der Waals surface area contributed by atoms with Crippen molar-refractivity contribution in [1.82, 2.24) is 0 Å². The molecule has 3 N–H and O–H groups in total. The SMILES string of the molecule is N[C@H](CCC(F)(F)F)c1cc(I)cc(I)c1O. The monoisotopic (exact) mass is 471 g/mol. The second-order valence-corrected chi connectivity index (χ2v) is 5.99. The summed E-state index contributed by atoms with van der Waals surface area (Å²) in [4.78, 5) is 0. The number of phenolic OH excluding ortho intramolecular Hbond substituents is 1. The van der Waals surface area contributed by atoms with Gasteiger partial charge in [-0.1, -0.05) is 0 Å². The topological polar surface area (TPSA) is 46.2 Å². The average molecular weight is 471 g/mol. The van der Waals surface area contributed by atoms with Crippen molar-refractivity contribution in [3.05, 3.63) is 24.8 Å². The summed E-state index contributed by atoms with van der Waals surface area (Å²) in [5.41, 5.74) is 6.04. The summed E-state index contributed by atoms with van der Waals surface area (Å²) in [6.45, 7) is 0. The Morgan fingerprint density at radius 1 is 1.29 bits per heavy atom. The molecule has 0 aromatic heterocycles. The number of alkyl halides is 3. The number of hydrogen-bond acceptors (Lipinski definition) is 2. The van der Waals surface area contributed by atoms with E-state index in [1.54, 1.807) is 12.1 Å². The van der Waals surface area contributed by atoms with Gasteiger partial charge < -0.3 is 10.8 Å². The van der Waals surface area contributed by atoms with Crippen molar-refractivity contribution in [3.63, 3.8) is 0 Å². The fourth-order valence-electron chi connectivity index (χ4n) is 1.34. The predicted octanol–water partition coefficient (Wildman–Crippen LogP) is 3.94. The lowest BCUT2D eigenvalue weighted by Crippen LogP contribution is -2.16. The van der Waals surface area contributed by atoms with Crippen molar-refractivity contribution in [2.75, 3.05) is 0 Å². The highest BCUT2D eigenvalue weighted by molar-refractivity contribution is 14.1. The summed E-state index contributed by atoms with van der Waals surface area (Å²) in [5, 5.41) is 9.75. The van der Waals surface area contributed by atoms with Crippen molar-refractivity contribution in [2.24, 2.45) is 5.73 Å². The van der Waals surface area contributed by atoms with Crippen LogP contribution in [0.25, 0.3) is 0 Å². The smallest absolute Gasteiger partial charge is 0.389 e. The minimum Gasteiger partial charge on any atom is -0.506 e. The van der Waals surface area contributed by atoms with Crippen molar-refractivity contribution in [3.8, 4) is 5.75 Å². The second-order valence-electron chi connectivity index (χ2n) is 3.59. The van der Waals surface area contributed by atoms with Crippen molar-refractivity contribution >= 4 is 45.2 Å². The van der Waals surface area contributed by atoms with Crippen LogP contribution in [-0.4, -0.2) is 11.3 Å². The van der Waals surface area contributed by atoms with Gasteiger partial charge in [0, 0.05) is 21.6 Å². The Kier molecular flexibility index (Phi) is 5.32. The van der Waals surface area contributed by atoms with Crippen LogP contribution in [0.15, 0.2) is 12.1 Å². The molecule has 0 amide bonds. The molecule has 0 radical (unpaired) electrons. The highest BCUT2D eigenvalue weighted by Crippen LogP contribution is 2.34. The van der Waals surface area contributed by atoms with E-state index in [0.717, 1.165) is 3.57 Å². The van der Waals surface area contributed by atoms with E-state index < -0.39 is 18.6 Å². The molecular formula is C10H10F3I2NO. The highest BCUT2D eigenvalue weighted by atomic mass is 127. The number of phenols is 1. The zero-order valence-electron chi connectivity index (χ0n) is 8.56. The van der Waals surface area contributed by atoms with Crippen LogP contribution < -0.4 is 5.73 Å². The Balaban J connectivity index is 2.85. The Morgan fingerprint density at radius 3 is 2.41 bits per heavy atom. The van der Waals surface area contributed by atoms with E-state index in [1.165, 1.54) is 0 Å². The summed E-state index contributed by atoms with van der Waals surface area (Å²) >= 11 is 3.95. The first kappa shape index (κ1) is 15.3. The molecule has 0 aliphatic carbocycles. The van der Waals surface area contributed by atoms with Gasteiger partial charge in [-0.05, 0) is 63.7 Å². The van der Waals surface area contributed by atoms with Crippen molar-refractivity contribution < 1.29 is 18.3 Å². The Bertz CT molecular complexity index is 409. The molecule has 7 heteroatoms. The number of aromatic hydroxyl groups is 1. The lowest BCUT2D eigenvalue weighted by molar-refractivity contribution is -0.136. The van der Waals surface area contributed by atoms with E-state index >= 15 is 0 Å². The molecule has 0 fully saturated rings. The molecule has 1 rings (SSSR count). The third kappa shape index (κ3) is 4.78. The molecule has 0 spiro atoms. The summed E-state index contributed by atoms with van der Waals surface area (Å²) in [6, 6.07) is 2.54. The van der Waals surface area contributed by atoms with E-state index in [1.807, 2.05) is 45.2 Å². The van der Waals surface area contributed by atoms with Crippen molar-refractivity contribution in [2.45, 2.75) is 25.1 Å². The number of nitrogens with two attached hydrogens (primary N) is 1. The minimum absolute atomic E-state index is 0.0271. The first-order valence-corrected chi connectivity index (χ1v) is 6.86. The maximum atomic E-state index is 12.1. The zero-order valence-corrected chi connectivity index (χ0v) is 12.9. The normalized spacial score (nSPS) is 13.8. The van der Waals surface area contributed by atoms with E-state index in [4.69, 9.17) is 5.73 Å².